The predicted molar refractivity (Wildman–Crippen MR) is 59.0 cm³/mol. The van der Waals surface area contributed by atoms with E-state index in [1.165, 1.54) is 0 Å². The number of aliphatic hydroxyl groups excluding tert-OH is 1. The fourth-order valence-corrected chi connectivity index (χ4v) is 1.84. The molecule has 1 aliphatic rings. The molecule has 0 bridgehead atoms. The van der Waals surface area contributed by atoms with E-state index in [1.807, 2.05) is 0 Å². The van der Waals surface area contributed by atoms with E-state index < -0.39 is 0 Å². The Hall–Kier alpha value is -1.46. The van der Waals surface area contributed by atoms with Gasteiger partial charge in [-0.05, 0) is 18.6 Å². The van der Waals surface area contributed by atoms with E-state index in [4.69, 9.17) is 5.11 Å². The Morgan fingerprint density at radius 2 is 2.31 bits per heavy atom. The van der Waals surface area contributed by atoms with Crippen molar-refractivity contribution in [1.82, 2.24) is 15.6 Å². The first-order chi connectivity index (χ1) is 7.79. The van der Waals surface area contributed by atoms with Gasteiger partial charge >= 0.3 is 0 Å². The van der Waals surface area contributed by atoms with Gasteiger partial charge in [0.1, 0.15) is 0 Å². The maximum Gasteiger partial charge on any atom is 0.251 e. The molecule has 16 heavy (non-hydrogen) atoms. The summed E-state index contributed by atoms with van der Waals surface area (Å²) in [6, 6.07) is 3.56. The Balaban J connectivity index is 1.89. The zero-order chi connectivity index (χ0) is 11.4. The molecule has 2 heterocycles. The first-order valence-electron chi connectivity index (χ1n) is 5.34. The third kappa shape index (κ3) is 2.56. The van der Waals surface area contributed by atoms with Crippen LogP contribution < -0.4 is 10.6 Å². The molecular formula is C11H15N3O2. The van der Waals surface area contributed by atoms with Crippen LogP contribution in [0.2, 0.25) is 0 Å². The molecule has 1 aromatic heterocycles. The van der Waals surface area contributed by atoms with Gasteiger partial charge in [-0.2, -0.15) is 0 Å². The molecule has 0 radical (unpaired) electrons. The number of rotatable bonds is 3. The minimum atomic E-state index is -0.0900. The first-order valence-corrected chi connectivity index (χ1v) is 5.34. The van der Waals surface area contributed by atoms with Crippen molar-refractivity contribution < 1.29 is 9.90 Å². The average molecular weight is 221 g/mol. The smallest absolute Gasteiger partial charge is 0.251 e. The SMILES string of the molecule is O=C(N[C@@H]1CN[C@H](CO)C1)c1ccncc1. The minimum Gasteiger partial charge on any atom is -0.395 e. The highest BCUT2D eigenvalue weighted by Crippen LogP contribution is 2.07. The lowest BCUT2D eigenvalue weighted by atomic mass is 10.1. The van der Waals surface area contributed by atoms with E-state index in [0.29, 0.717) is 12.1 Å². The summed E-state index contributed by atoms with van der Waals surface area (Å²) in [6.45, 7) is 0.823. The molecule has 0 aliphatic carbocycles. The number of nitrogens with one attached hydrogen (secondary N) is 2. The van der Waals surface area contributed by atoms with E-state index in [9.17, 15) is 4.79 Å². The molecule has 1 amide bonds. The highest BCUT2D eigenvalue weighted by molar-refractivity contribution is 5.94. The van der Waals surface area contributed by atoms with Gasteiger partial charge in [0.25, 0.3) is 5.91 Å². The van der Waals surface area contributed by atoms with Crippen LogP contribution >= 0.6 is 0 Å². The summed E-state index contributed by atoms with van der Waals surface area (Å²) in [7, 11) is 0. The van der Waals surface area contributed by atoms with Crippen molar-refractivity contribution in [3.8, 4) is 0 Å². The minimum absolute atomic E-state index is 0.0900. The number of hydrogen-bond acceptors (Lipinski definition) is 4. The number of nitrogens with zero attached hydrogens (tertiary/aromatic N) is 1. The van der Waals surface area contributed by atoms with Crippen LogP contribution in [0.1, 0.15) is 16.8 Å². The third-order valence-corrected chi connectivity index (χ3v) is 2.72. The average Bonchev–Trinajstić information content (AvgIpc) is 2.78. The lowest BCUT2D eigenvalue weighted by molar-refractivity contribution is 0.0939. The maximum absolute atomic E-state index is 11.8. The summed E-state index contributed by atoms with van der Waals surface area (Å²) in [4.78, 5) is 15.6. The molecule has 1 aliphatic heterocycles. The topological polar surface area (TPSA) is 74.2 Å². The van der Waals surface area contributed by atoms with Gasteiger partial charge < -0.3 is 15.7 Å². The number of hydrogen-bond donors (Lipinski definition) is 3. The van der Waals surface area contributed by atoms with Crippen LogP contribution in [0.25, 0.3) is 0 Å². The van der Waals surface area contributed by atoms with Crippen molar-refractivity contribution in [1.29, 1.82) is 0 Å². The molecule has 0 aromatic carbocycles. The molecule has 0 unspecified atom stereocenters. The van der Waals surface area contributed by atoms with Crippen LogP contribution in [-0.4, -0.2) is 41.2 Å². The van der Waals surface area contributed by atoms with Gasteiger partial charge in [0.05, 0.1) is 6.61 Å². The Kier molecular flexibility index (Phi) is 3.48. The summed E-state index contributed by atoms with van der Waals surface area (Å²) in [5.74, 6) is -0.0900. The Labute approximate surface area is 93.9 Å². The molecule has 1 aromatic rings. The number of pyridine rings is 1. The molecule has 2 rings (SSSR count). The van der Waals surface area contributed by atoms with Crippen molar-refractivity contribution >= 4 is 5.91 Å². The number of carbonyl (C=O) groups is 1. The largest absolute Gasteiger partial charge is 0.395 e. The summed E-state index contributed by atoms with van der Waals surface area (Å²) >= 11 is 0. The molecule has 1 fully saturated rings. The second-order valence-corrected chi connectivity index (χ2v) is 3.93. The van der Waals surface area contributed by atoms with Crippen LogP contribution in [0, 0.1) is 0 Å². The van der Waals surface area contributed by atoms with Crippen molar-refractivity contribution in [2.45, 2.75) is 18.5 Å². The van der Waals surface area contributed by atoms with Gasteiger partial charge in [-0.1, -0.05) is 0 Å². The van der Waals surface area contributed by atoms with Crippen LogP contribution in [0.5, 0.6) is 0 Å². The van der Waals surface area contributed by atoms with Gasteiger partial charge in [0, 0.05) is 36.6 Å². The van der Waals surface area contributed by atoms with Crippen LogP contribution in [-0.2, 0) is 0 Å². The van der Waals surface area contributed by atoms with Gasteiger partial charge in [-0.3, -0.25) is 9.78 Å². The second-order valence-electron chi connectivity index (χ2n) is 3.93. The molecule has 1 saturated heterocycles. The highest BCUT2D eigenvalue weighted by atomic mass is 16.3. The number of amides is 1. The monoisotopic (exact) mass is 221 g/mol. The standard InChI is InChI=1S/C11H15N3O2/c15-7-10-5-9(6-13-10)14-11(16)8-1-3-12-4-2-8/h1-4,9-10,13,15H,5-7H2,(H,14,16)/t9-,10-/m0/s1. The van der Waals surface area contributed by atoms with Crippen molar-refractivity contribution in [3.05, 3.63) is 30.1 Å². The Bertz CT molecular complexity index is 356. The Morgan fingerprint density at radius 3 is 2.94 bits per heavy atom. The molecular weight excluding hydrogens is 206 g/mol. The quantitative estimate of drug-likeness (QED) is 0.645. The van der Waals surface area contributed by atoms with E-state index >= 15 is 0 Å². The molecule has 5 nitrogen and oxygen atoms in total. The normalized spacial score (nSPS) is 24.3. The summed E-state index contributed by atoms with van der Waals surface area (Å²) < 4.78 is 0. The second kappa shape index (κ2) is 5.05. The third-order valence-electron chi connectivity index (χ3n) is 2.72. The fourth-order valence-electron chi connectivity index (χ4n) is 1.84. The summed E-state index contributed by atoms with van der Waals surface area (Å²) in [5, 5.41) is 15.0. The van der Waals surface area contributed by atoms with Gasteiger partial charge in [-0.25, -0.2) is 0 Å². The van der Waals surface area contributed by atoms with E-state index in [-0.39, 0.29) is 24.6 Å². The van der Waals surface area contributed by atoms with Crippen LogP contribution in [0.4, 0.5) is 0 Å². The highest BCUT2D eigenvalue weighted by Gasteiger charge is 2.24. The molecule has 5 heteroatoms. The molecule has 3 N–H and O–H groups in total. The van der Waals surface area contributed by atoms with E-state index in [1.54, 1.807) is 24.5 Å². The molecule has 2 atom stereocenters. The van der Waals surface area contributed by atoms with Gasteiger partial charge in [-0.15, -0.1) is 0 Å². The van der Waals surface area contributed by atoms with E-state index in [2.05, 4.69) is 15.6 Å². The summed E-state index contributed by atoms with van der Waals surface area (Å²) in [6.07, 6.45) is 3.96. The zero-order valence-corrected chi connectivity index (χ0v) is 8.89. The number of aliphatic hydroxyl groups is 1. The van der Waals surface area contributed by atoms with Gasteiger partial charge in [0.15, 0.2) is 0 Å². The summed E-state index contributed by atoms with van der Waals surface area (Å²) in [5.41, 5.74) is 0.613. The lowest BCUT2D eigenvalue weighted by Crippen LogP contribution is -2.36. The van der Waals surface area contributed by atoms with Gasteiger partial charge in [0.2, 0.25) is 0 Å². The molecule has 0 spiro atoms. The zero-order valence-electron chi connectivity index (χ0n) is 8.89. The number of aromatic nitrogens is 1. The predicted octanol–water partition coefficient (Wildman–Crippen LogP) is -0.466. The van der Waals surface area contributed by atoms with Crippen molar-refractivity contribution in [2.24, 2.45) is 0 Å². The maximum atomic E-state index is 11.8. The van der Waals surface area contributed by atoms with Crippen molar-refractivity contribution in [2.75, 3.05) is 13.2 Å². The van der Waals surface area contributed by atoms with E-state index in [0.717, 1.165) is 6.42 Å². The fraction of sp³-hybridized carbons (Fsp3) is 0.455. The lowest BCUT2D eigenvalue weighted by Gasteiger charge is -2.11. The van der Waals surface area contributed by atoms with Crippen LogP contribution in [0.15, 0.2) is 24.5 Å². The molecule has 0 saturated carbocycles. The van der Waals surface area contributed by atoms with Crippen LogP contribution in [0.3, 0.4) is 0 Å². The van der Waals surface area contributed by atoms with Crippen molar-refractivity contribution in [3.63, 3.8) is 0 Å². The molecule has 86 valence electrons. The Morgan fingerprint density at radius 1 is 1.56 bits per heavy atom. The first kappa shape index (κ1) is 11.0. The number of carbonyl (C=O) groups excluding carboxylic acids is 1.